The zero-order valence-corrected chi connectivity index (χ0v) is 13.9. The number of amides is 1. The minimum atomic E-state index is -0.229. The molecule has 7 heteroatoms. The number of ether oxygens (including phenoxy) is 2. The van der Waals surface area contributed by atoms with Gasteiger partial charge in [0.2, 0.25) is 0 Å². The van der Waals surface area contributed by atoms with Crippen LogP contribution in [0.25, 0.3) is 5.65 Å². The first-order valence-electron chi connectivity index (χ1n) is 8.07. The van der Waals surface area contributed by atoms with Gasteiger partial charge in [-0.05, 0) is 32.4 Å². The third kappa shape index (κ3) is 3.80. The Morgan fingerprint density at radius 2 is 2.42 bits per heavy atom. The van der Waals surface area contributed by atoms with Crippen LogP contribution in [-0.4, -0.2) is 52.5 Å². The second-order valence-electron chi connectivity index (χ2n) is 6.03. The van der Waals surface area contributed by atoms with Gasteiger partial charge in [-0.25, -0.2) is 9.50 Å². The van der Waals surface area contributed by atoms with Gasteiger partial charge < -0.3 is 14.8 Å². The highest BCUT2D eigenvalue weighted by Crippen LogP contribution is 2.13. The van der Waals surface area contributed by atoms with Gasteiger partial charge in [0, 0.05) is 12.8 Å². The van der Waals surface area contributed by atoms with Crippen molar-refractivity contribution >= 4 is 11.6 Å². The summed E-state index contributed by atoms with van der Waals surface area (Å²) in [6.07, 6.45) is 5.88. The number of imidazole rings is 1. The lowest BCUT2D eigenvalue weighted by Gasteiger charge is -2.31. The van der Waals surface area contributed by atoms with Crippen LogP contribution in [0.4, 0.5) is 0 Å². The molecule has 1 aliphatic heterocycles. The maximum Gasteiger partial charge on any atom is 0.272 e. The van der Waals surface area contributed by atoms with Gasteiger partial charge in [-0.15, -0.1) is 0 Å². The molecule has 0 saturated carbocycles. The highest BCUT2D eigenvalue weighted by molar-refractivity contribution is 5.93. The predicted octanol–water partition coefficient (Wildman–Crippen LogP) is 1.60. The van der Waals surface area contributed by atoms with E-state index in [1.165, 1.54) is 16.3 Å². The molecule has 0 unspecified atom stereocenters. The Kier molecular flexibility index (Phi) is 5.22. The van der Waals surface area contributed by atoms with Gasteiger partial charge in [0.05, 0.1) is 31.6 Å². The van der Waals surface area contributed by atoms with Crippen LogP contribution in [0.15, 0.2) is 36.2 Å². The molecule has 24 heavy (non-hydrogen) atoms. The van der Waals surface area contributed by atoms with Crippen molar-refractivity contribution in [1.82, 2.24) is 19.9 Å². The topological polar surface area (TPSA) is 77.8 Å². The number of fused-ring (bicyclic) bond motifs is 1. The first-order valence-corrected chi connectivity index (χ1v) is 8.07. The number of hydrogen-bond donors (Lipinski definition) is 1. The van der Waals surface area contributed by atoms with E-state index in [-0.39, 0.29) is 18.1 Å². The number of aromatic nitrogens is 3. The molecule has 2 aromatic rings. The van der Waals surface area contributed by atoms with Crippen LogP contribution in [-0.2, 0) is 9.47 Å². The van der Waals surface area contributed by atoms with Gasteiger partial charge in [-0.1, -0.05) is 11.6 Å². The number of nitrogens with one attached hydrogen (secondary N) is 1. The van der Waals surface area contributed by atoms with Crippen molar-refractivity contribution in [3.05, 3.63) is 41.9 Å². The first kappa shape index (κ1) is 16.6. The number of rotatable bonds is 5. The molecule has 2 aromatic heterocycles. The van der Waals surface area contributed by atoms with Gasteiger partial charge >= 0.3 is 0 Å². The summed E-state index contributed by atoms with van der Waals surface area (Å²) in [5, 5.41) is 7.16. The normalized spacial score (nSPS) is 20.8. The molecule has 1 amide bonds. The van der Waals surface area contributed by atoms with Crippen molar-refractivity contribution in [1.29, 1.82) is 0 Å². The SMILES string of the molecule is CC(C)=CCO[C@@H]1CCOC[C@@H]1NC(=O)c1cnc2cccnn12. The van der Waals surface area contributed by atoms with Crippen molar-refractivity contribution in [3.8, 4) is 0 Å². The van der Waals surface area contributed by atoms with Gasteiger partial charge in [0.1, 0.15) is 5.69 Å². The van der Waals surface area contributed by atoms with E-state index < -0.39 is 0 Å². The summed E-state index contributed by atoms with van der Waals surface area (Å²) in [6.45, 7) is 5.68. The van der Waals surface area contributed by atoms with E-state index in [4.69, 9.17) is 9.47 Å². The third-order valence-electron chi connectivity index (χ3n) is 3.92. The molecule has 128 valence electrons. The largest absolute Gasteiger partial charge is 0.379 e. The van der Waals surface area contributed by atoms with E-state index in [1.54, 1.807) is 18.3 Å². The number of hydrogen-bond acceptors (Lipinski definition) is 5. The monoisotopic (exact) mass is 330 g/mol. The van der Waals surface area contributed by atoms with E-state index in [2.05, 4.69) is 15.4 Å². The quantitative estimate of drug-likeness (QED) is 0.843. The smallest absolute Gasteiger partial charge is 0.272 e. The molecule has 3 rings (SSSR count). The average Bonchev–Trinajstić information content (AvgIpc) is 3.00. The Hall–Kier alpha value is -2.25. The van der Waals surface area contributed by atoms with E-state index in [0.717, 1.165) is 6.42 Å². The summed E-state index contributed by atoms with van der Waals surface area (Å²) in [7, 11) is 0. The molecule has 0 aliphatic carbocycles. The molecule has 1 saturated heterocycles. The number of nitrogens with zero attached hydrogens (tertiary/aromatic N) is 3. The maximum absolute atomic E-state index is 12.6. The van der Waals surface area contributed by atoms with E-state index >= 15 is 0 Å². The molecular weight excluding hydrogens is 308 g/mol. The number of carbonyl (C=O) groups is 1. The zero-order valence-electron chi connectivity index (χ0n) is 13.9. The van der Waals surface area contributed by atoms with Gasteiger partial charge in [-0.2, -0.15) is 5.10 Å². The predicted molar refractivity (Wildman–Crippen MR) is 88.8 cm³/mol. The number of carbonyl (C=O) groups excluding carboxylic acids is 1. The summed E-state index contributed by atoms with van der Waals surface area (Å²) >= 11 is 0. The summed E-state index contributed by atoms with van der Waals surface area (Å²) in [5.41, 5.74) is 2.25. The highest BCUT2D eigenvalue weighted by atomic mass is 16.5. The molecule has 1 fully saturated rings. The van der Waals surface area contributed by atoms with Gasteiger partial charge in [0.15, 0.2) is 5.65 Å². The molecule has 0 aromatic carbocycles. The zero-order chi connectivity index (χ0) is 16.9. The van der Waals surface area contributed by atoms with Gasteiger partial charge in [0.25, 0.3) is 5.91 Å². The van der Waals surface area contributed by atoms with Crippen LogP contribution in [0.5, 0.6) is 0 Å². The van der Waals surface area contributed by atoms with Crippen molar-refractivity contribution in [3.63, 3.8) is 0 Å². The van der Waals surface area contributed by atoms with Crippen molar-refractivity contribution < 1.29 is 14.3 Å². The number of allylic oxidation sites excluding steroid dienone is 1. The third-order valence-corrected chi connectivity index (χ3v) is 3.92. The molecule has 3 heterocycles. The molecule has 2 atom stereocenters. The molecule has 1 aliphatic rings. The summed E-state index contributed by atoms with van der Waals surface area (Å²) in [6, 6.07) is 3.40. The Morgan fingerprint density at radius 3 is 3.25 bits per heavy atom. The van der Waals surface area contributed by atoms with Crippen LogP contribution in [0.1, 0.15) is 30.8 Å². The lowest BCUT2D eigenvalue weighted by Crippen LogP contribution is -2.50. The van der Waals surface area contributed by atoms with E-state index in [0.29, 0.717) is 31.2 Å². The minimum absolute atomic E-state index is 0.0644. The first-order chi connectivity index (χ1) is 11.6. The Morgan fingerprint density at radius 1 is 1.54 bits per heavy atom. The molecule has 1 N–H and O–H groups in total. The molecule has 0 radical (unpaired) electrons. The van der Waals surface area contributed by atoms with Crippen molar-refractivity contribution in [2.75, 3.05) is 19.8 Å². The standard InChI is InChI=1S/C17H22N4O3/c1-12(2)5-9-24-15-6-8-23-11-13(15)20-17(22)14-10-18-16-4-3-7-19-21(14)16/h3-5,7,10,13,15H,6,8-9,11H2,1-2H3,(H,20,22)/t13-,15+/m0/s1. The molecule has 0 spiro atoms. The van der Waals surface area contributed by atoms with Crippen LogP contribution in [0, 0.1) is 0 Å². The summed E-state index contributed by atoms with van der Waals surface area (Å²) < 4.78 is 12.9. The lowest BCUT2D eigenvalue weighted by atomic mass is 10.1. The lowest BCUT2D eigenvalue weighted by molar-refractivity contribution is -0.0458. The molecular formula is C17H22N4O3. The van der Waals surface area contributed by atoms with Crippen LogP contribution < -0.4 is 5.32 Å². The average molecular weight is 330 g/mol. The van der Waals surface area contributed by atoms with E-state index in [1.807, 2.05) is 19.9 Å². The summed E-state index contributed by atoms with van der Waals surface area (Å²) in [4.78, 5) is 16.8. The van der Waals surface area contributed by atoms with Crippen LogP contribution in [0.2, 0.25) is 0 Å². The van der Waals surface area contributed by atoms with Crippen molar-refractivity contribution in [2.24, 2.45) is 0 Å². The maximum atomic E-state index is 12.6. The van der Waals surface area contributed by atoms with Gasteiger partial charge in [-0.3, -0.25) is 4.79 Å². The fraction of sp³-hybridized carbons (Fsp3) is 0.471. The van der Waals surface area contributed by atoms with Crippen LogP contribution >= 0.6 is 0 Å². The van der Waals surface area contributed by atoms with Crippen LogP contribution in [0.3, 0.4) is 0 Å². The minimum Gasteiger partial charge on any atom is -0.379 e. The second-order valence-corrected chi connectivity index (χ2v) is 6.03. The van der Waals surface area contributed by atoms with Crippen molar-refractivity contribution in [2.45, 2.75) is 32.4 Å². The fourth-order valence-electron chi connectivity index (χ4n) is 2.62. The Labute approximate surface area is 140 Å². The Balaban J connectivity index is 1.68. The fourth-order valence-corrected chi connectivity index (χ4v) is 2.62. The highest BCUT2D eigenvalue weighted by Gasteiger charge is 2.29. The molecule has 7 nitrogen and oxygen atoms in total. The van der Waals surface area contributed by atoms with E-state index in [9.17, 15) is 4.79 Å². The summed E-state index contributed by atoms with van der Waals surface area (Å²) in [5.74, 6) is -0.229. The molecule has 0 bridgehead atoms. The second kappa shape index (κ2) is 7.55. The Bertz CT molecular complexity index is 736.